The molecule has 1 nitrogen and oxygen atoms in total. The SMILES string of the molecule is CC(=O)/C=C\S. The highest BCUT2D eigenvalue weighted by atomic mass is 32.1. The number of ketones is 1. The molecule has 0 N–H and O–H groups in total. The van der Waals surface area contributed by atoms with Crippen LogP contribution in [0.2, 0.25) is 0 Å². The minimum Gasteiger partial charge on any atom is -0.295 e. The highest BCUT2D eigenvalue weighted by molar-refractivity contribution is 7.83. The lowest BCUT2D eigenvalue weighted by atomic mass is 10.5. The second-order valence-corrected chi connectivity index (χ2v) is 1.22. The minimum absolute atomic E-state index is 0.0324. The third-order valence-electron chi connectivity index (χ3n) is 0.309. The molecule has 34 valence electrons. The highest BCUT2D eigenvalue weighted by Crippen LogP contribution is 1.75. The molecule has 0 aliphatic rings. The Balaban J connectivity index is 3.30. The Bertz CT molecular complexity index is 75.6. The molecule has 0 saturated carbocycles. The van der Waals surface area contributed by atoms with Gasteiger partial charge in [0.1, 0.15) is 0 Å². The van der Waals surface area contributed by atoms with Gasteiger partial charge in [-0.2, -0.15) is 12.6 Å². The molecule has 0 aromatic rings. The van der Waals surface area contributed by atoms with Crippen LogP contribution in [0.25, 0.3) is 0 Å². The van der Waals surface area contributed by atoms with Gasteiger partial charge in [0, 0.05) is 0 Å². The first-order valence-corrected chi connectivity index (χ1v) is 2.10. The van der Waals surface area contributed by atoms with E-state index in [1.54, 1.807) is 0 Å². The van der Waals surface area contributed by atoms with E-state index in [2.05, 4.69) is 12.6 Å². The molecule has 0 unspecified atom stereocenters. The summed E-state index contributed by atoms with van der Waals surface area (Å²) in [5, 5.41) is 1.42. The molecule has 0 spiro atoms. The van der Waals surface area contributed by atoms with E-state index in [4.69, 9.17) is 0 Å². The zero-order valence-corrected chi connectivity index (χ0v) is 4.40. The van der Waals surface area contributed by atoms with Gasteiger partial charge in [-0.05, 0) is 18.4 Å². The van der Waals surface area contributed by atoms with E-state index in [9.17, 15) is 4.79 Å². The molecular weight excluding hydrogens is 96.1 g/mol. The molecular formula is C4H6OS. The minimum atomic E-state index is 0.0324. The smallest absolute Gasteiger partial charge is 0.153 e. The fourth-order valence-electron chi connectivity index (χ4n) is 0.105. The quantitative estimate of drug-likeness (QED) is 0.386. The molecule has 0 aromatic carbocycles. The van der Waals surface area contributed by atoms with Crippen molar-refractivity contribution in [3.05, 3.63) is 11.5 Å². The van der Waals surface area contributed by atoms with Crippen LogP contribution in [0.1, 0.15) is 6.92 Å². The molecule has 0 saturated heterocycles. The fourth-order valence-corrected chi connectivity index (χ4v) is 0.315. The van der Waals surface area contributed by atoms with E-state index in [1.807, 2.05) is 0 Å². The van der Waals surface area contributed by atoms with Gasteiger partial charge in [0.2, 0.25) is 0 Å². The Morgan fingerprint density at radius 3 is 2.33 bits per heavy atom. The Kier molecular flexibility index (Phi) is 2.85. The summed E-state index contributed by atoms with van der Waals surface area (Å²) in [5.41, 5.74) is 0. The summed E-state index contributed by atoms with van der Waals surface area (Å²) in [6.07, 6.45) is 1.39. The van der Waals surface area contributed by atoms with Gasteiger partial charge in [0.25, 0.3) is 0 Å². The number of thiol groups is 1. The Morgan fingerprint density at radius 1 is 1.83 bits per heavy atom. The first kappa shape index (κ1) is 5.76. The predicted octanol–water partition coefficient (Wildman–Crippen LogP) is 1.02. The topological polar surface area (TPSA) is 17.1 Å². The van der Waals surface area contributed by atoms with Crippen molar-refractivity contribution in [2.75, 3.05) is 0 Å². The van der Waals surface area contributed by atoms with Crippen LogP contribution in [-0.2, 0) is 4.79 Å². The van der Waals surface area contributed by atoms with E-state index in [1.165, 1.54) is 18.4 Å². The zero-order chi connectivity index (χ0) is 4.99. The summed E-state index contributed by atoms with van der Waals surface area (Å²) in [4.78, 5) is 9.91. The van der Waals surface area contributed by atoms with Crippen LogP contribution in [0.5, 0.6) is 0 Å². The van der Waals surface area contributed by atoms with Crippen LogP contribution in [0.3, 0.4) is 0 Å². The Morgan fingerprint density at radius 2 is 2.33 bits per heavy atom. The number of rotatable bonds is 1. The van der Waals surface area contributed by atoms with Crippen molar-refractivity contribution < 1.29 is 4.79 Å². The summed E-state index contributed by atoms with van der Waals surface area (Å²) in [6, 6.07) is 0. The summed E-state index contributed by atoms with van der Waals surface area (Å²) < 4.78 is 0. The maximum absolute atomic E-state index is 9.91. The number of carbonyl (C=O) groups is 1. The molecule has 0 heterocycles. The second-order valence-electron chi connectivity index (χ2n) is 0.926. The molecule has 0 bridgehead atoms. The standard InChI is InChI=1S/C4H6OS/c1-4(5)2-3-6/h2-3,6H,1H3/b3-2-. The number of hydrogen-bond donors (Lipinski definition) is 1. The summed E-state index contributed by atoms with van der Waals surface area (Å²) >= 11 is 3.66. The van der Waals surface area contributed by atoms with Crippen molar-refractivity contribution in [3.63, 3.8) is 0 Å². The normalized spacial score (nSPS) is 9.67. The van der Waals surface area contributed by atoms with Crippen molar-refractivity contribution in [3.8, 4) is 0 Å². The first-order chi connectivity index (χ1) is 2.77. The van der Waals surface area contributed by atoms with E-state index in [0.29, 0.717) is 0 Å². The molecule has 0 amide bonds. The monoisotopic (exact) mass is 102 g/mol. The molecule has 0 radical (unpaired) electrons. The van der Waals surface area contributed by atoms with Crippen molar-refractivity contribution in [1.29, 1.82) is 0 Å². The van der Waals surface area contributed by atoms with Gasteiger partial charge >= 0.3 is 0 Å². The van der Waals surface area contributed by atoms with Gasteiger partial charge < -0.3 is 0 Å². The van der Waals surface area contributed by atoms with Gasteiger partial charge in [-0.25, -0.2) is 0 Å². The Labute approximate surface area is 42.5 Å². The summed E-state index contributed by atoms with van der Waals surface area (Å²) in [7, 11) is 0. The number of carbonyl (C=O) groups excluding carboxylic acids is 1. The van der Waals surface area contributed by atoms with Crippen molar-refractivity contribution in [2.45, 2.75) is 6.92 Å². The number of hydrogen-bond acceptors (Lipinski definition) is 2. The highest BCUT2D eigenvalue weighted by Gasteiger charge is 1.73. The van der Waals surface area contributed by atoms with Gasteiger partial charge in [0.15, 0.2) is 5.78 Å². The van der Waals surface area contributed by atoms with Gasteiger partial charge in [-0.1, -0.05) is 0 Å². The van der Waals surface area contributed by atoms with Gasteiger partial charge in [0.05, 0.1) is 0 Å². The molecule has 6 heavy (non-hydrogen) atoms. The zero-order valence-electron chi connectivity index (χ0n) is 3.51. The maximum atomic E-state index is 9.91. The lowest BCUT2D eigenvalue weighted by molar-refractivity contribution is -0.112. The third kappa shape index (κ3) is 3.76. The molecule has 0 aliphatic carbocycles. The van der Waals surface area contributed by atoms with Crippen LogP contribution < -0.4 is 0 Å². The van der Waals surface area contributed by atoms with Crippen molar-refractivity contribution in [2.24, 2.45) is 0 Å². The molecule has 0 aliphatic heterocycles. The van der Waals surface area contributed by atoms with Crippen molar-refractivity contribution in [1.82, 2.24) is 0 Å². The second kappa shape index (κ2) is 2.97. The Hall–Kier alpha value is -0.240. The molecule has 0 aromatic heterocycles. The van der Waals surface area contributed by atoms with E-state index >= 15 is 0 Å². The van der Waals surface area contributed by atoms with Crippen LogP contribution in [0.4, 0.5) is 0 Å². The molecule has 0 rings (SSSR count). The van der Waals surface area contributed by atoms with E-state index in [-0.39, 0.29) is 5.78 Å². The fraction of sp³-hybridized carbons (Fsp3) is 0.250. The maximum Gasteiger partial charge on any atom is 0.153 e. The molecule has 0 fully saturated rings. The van der Waals surface area contributed by atoms with Crippen molar-refractivity contribution >= 4 is 18.4 Å². The average molecular weight is 102 g/mol. The van der Waals surface area contributed by atoms with Crippen LogP contribution in [-0.4, -0.2) is 5.78 Å². The van der Waals surface area contributed by atoms with E-state index < -0.39 is 0 Å². The lowest BCUT2D eigenvalue weighted by Gasteiger charge is -1.67. The molecule has 2 heteroatoms. The first-order valence-electron chi connectivity index (χ1n) is 1.58. The predicted molar refractivity (Wildman–Crippen MR) is 28.8 cm³/mol. The average Bonchev–Trinajstić information content (AvgIpc) is 1.35. The largest absolute Gasteiger partial charge is 0.295 e. The van der Waals surface area contributed by atoms with Gasteiger partial charge in [-0.15, -0.1) is 0 Å². The lowest BCUT2D eigenvalue weighted by Crippen LogP contribution is -1.75. The third-order valence-corrected chi connectivity index (χ3v) is 0.458. The summed E-state index contributed by atoms with van der Waals surface area (Å²) in [6.45, 7) is 1.48. The molecule has 0 atom stereocenters. The van der Waals surface area contributed by atoms with Crippen LogP contribution in [0.15, 0.2) is 11.5 Å². The van der Waals surface area contributed by atoms with Crippen LogP contribution in [0, 0.1) is 0 Å². The van der Waals surface area contributed by atoms with Gasteiger partial charge in [-0.3, -0.25) is 4.79 Å². The van der Waals surface area contributed by atoms with E-state index in [0.717, 1.165) is 0 Å². The van der Waals surface area contributed by atoms with Crippen LogP contribution >= 0.6 is 12.6 Å². The summed E-state index contributed by atoms with van der Waals surface area (Å²) in [5.74, 6) is 0.0324. The number of allylic oxidation sites excluding steroid dienone is 1.